The lowest BCUT2D eigenvalue weighted by Crippen LogP contribution is -2.34. The third-order valence-electron chi connectivity index (χ3n) is 4.36. The van der Waals surface area contributed by atoms with Crippen molar-refractivity contribution in [2.75, 3.05) is 0 Å². The van der Waals surface area contributed by atoms with Crippen LogP contribution in [0.2, 0.25) is 0 Å². The second-order valence-electron chi connectivity index (χ2n) is 6.39. The van der Waals surface area contributed by atoms with Gasteiger partial charge in [0.2, 0.25) is 5.91 Å². The maximum Gasteiger partial charge on any atom is 0.233 e. The standard InChI is InChI=1S/C21H27NOS/c1-6-20(18-10-9-15(3)16(4)13-18)22-21(23)17(5)24-19-11-7-14(2)8-12-19/h7-13,17,20H,6H2,1-5H3,(H,22,23)/t17-,20-/m0/s1. The first-order valence-corrected chi connectivity index (χ1v) is 9.39. The third kappa shape index (κ3) is 4.88. The van der Waals surface area contributed by atoms with Crippen LogP contribution in [0.15, 0.2) is 47.4 Å². The first kappa shape index (κ1) is 18.6. The van der Waals surface area contributed by atoms with E-state index < -0.39 is 0 Å². The van der Waals surface area contributed by atoms with Gasteiger partial charge in [-0.05, 0) is 62.9 Å². The average molecular weight is 342 g/mol. The fourth-order valence-electron chi connectivity index (χ4n) is 2.57. The predicted octanol–water partition coefficient (Wildman–Crippen LogP) is 5.36. The van der Waals surface area contributed by atoms with E-state index in [1.807, 2.05) is 6.92 Å². The second-order valence-corrected chi connectivity index (χ2v) is 7.80. The summed E-state index contributed by atoms with van der Waals surface area (Å²) in [5.74, 6) is 0.0886. The smallest absolute Gasteiger partial charge is 0.233 e. The highest BCUT2D eigenvalue weighted by Gasteiger charge is 2.19. The Balaban J connectivity index is 2.02. The van der Waals surface area contributed by atoms with Crippen LogP contribution in [0, 0.1) is 20.8 Å². The Bertz CT molecular complexity index is 693. The fraction of sp³-hybridized carbons (Fsp3) is 0.381. The predicted molar refractivity (Wildman–Crippen MR) is 104 cm³/mol. The minimum atomic E-state index is -0.117. The minimum Gasteiger partial charge on any atom is -0.348 e. The molecule has 2 aromatic carbocycles. The van der Waals surface area contributed by atoms with Gasteiger partial charge in [0.25, 0.3) is 0 Å². The Morgan fingerprint density at radius 2 is 1.71 bits per heavy atom. The van der Waals surface area contributed by atoms with Crippen LogP contribution in [0.4, 0.5) is 0 Å². The molecule has 0 fully saturated rings. The van der Waals surface area contributed by atoms with Crippen molar-refractivity contribution in [1.82, 2.24) is 5.32 Å². The van der Waals surface area contributed by atoms with Crippen LogP contribution in [0.25, 0.3) is 0 Å². The highest BCUT2D eigenvalue weighted by Crippen LogP contribution is 2.25. The monoisotopic (exact) mass is 341 g/mol. The van der Waals surface area contributed by atoms with Gasteiger partial charge in [-0.2, -0.15) is 0 Å². The third-order valence-corrected chi connectivity index (χ3v) is 5.47. The van der Waals surface area contributed by atoms with Gasteiger partial charge in [-0.3, -0.25) is 4.79 Å². The molecular formula is C21H27NOS. The van der Waals surface area contributed by atoms with E-state index in [0.29, 0.717) is 0 Å². The molecule has 1 amide bonds. The highest BCUT2D eigenvalue weighted by molar-refractivity contribution is 8.00. The summed E-state index contributed by atoms with van der Waals surface area (Å²) in [4.78, 5) is 13.7. The lowest BCUT2D eigenvalue weighted by molar-refractivity contribution is -0.121. The molecule has 0 radical (unpaired) electrons. The summed E-state index contributed by atoms with van der Waals surface area (Å²) in [5.41, 5.74) is 4.96. The summed E-state index contributed by atoms with van der Waals surface area (Å²) < 4.78 is 0. The van der Waals surface area contributed by atoms with E-state index in [-0.39, 0.29) is 17.2 Å². The van der Waals surface area contributed by atoms with E-state index in [1.54, 1.807) is 11.8 Å². The number of carbonyl (C=O) groups excluding carboxylic acids is 1. The van der Waals surface area contributed by atoms with E-state index in [9.17, 15) is 4.79 Å². The molecular weight excluding hydrogens is 314 g/mol. The van der Waals surface area contributed by atoms with Gasteiger partial charge in [0.05, 0.1) is 11.3 Å². The van der Waals surface area contributed by atoms with Gasteiger partial charge in [0.1, 0.15) is 0 Å². The largest absolute Gasteiger partial charge is 0.348 e. The number of hydrogen-bond acceptors (Lipinski definition) is 2. The molecule has 0 aromatic heterocycles. The van der Waals surface area contributed by atoms with Crippen LogP contribution in [-0.4, -0.2) is 11.2 Å². The van der Waals surface area contributed by atoms with Crippen molar-refractivity contribution < 1.29 is 4.79 Å². The molecule has 1 N–H and O–H groups in total. The molecule has 2 nitrogen and oxygen atoms in total. The molecule has 0 aliphatic carbocycles. The molecule has 0 bridgehead atoms. The molecule has 128 valence electrons. The highest BCUT2D eigenvalue weighted by atomic mass is 32.2. The Hall–Kier alpha value is -1.74. The van der Waals surface area contributed by atoms with Crippen LogP contribution in [0.3, 0.4) is 0 Å². The number of thioether (sulfide) groups is 1. The normalized spacial score (nSPS) is 13.4. The summed E-state index contributed by atoms with van der Waals surface area (Å²) in [7, 11) is 0. The molecule has 0 aliphatic rings. The average Bonchev–Trinajstić information content (AvgIpc) is 2.57. The molecule has 0 saturated heterocycles. The Labute approximate surface area is 150 Å². The van der Waals surface area contributed by atoms with Crippen molar-refractivity contribution in [2.24, 2.45) is 0 Å². The van der Waals surface area contributed by atoms with E-state index in [4.69, 9.17) is 0 Å². The van der Waals surface area contributed by atoms with Crippen molar-refractivity contribution in [3.63, 3.8) is 0 Å². The second kappa shape index (κ2) is 8.39. The van der Waals surface area contributed by atoms with Gasteiger partial charge in [0, 0.05) is 4.90 Å². The topological polar surface area (TPSA) is 29.1 Å². The number of hydrogen-bond donors (Lipinski definition) is 1. The van der Waals surface area contributed by atoms with Crippen molar-refractivity contribution in [1.29, 1.82) is 0 Å². The Morgan fingerprint density at radius 3 is 2.29 bits per heavy atom. The summed E-state index contributed by atoms with van der Waals surface area (Å²) in [6.07, 6.45) is 0.885. The summed E-state index contributed by atoms with van der Waals surface area (Å²) in [5, 5.41) is 3.08. The number of carbonyl (C=O) groups is 1. The van der Waals surface area contributed by atoms with Gasteiger partial charge in [-0.25, -0.2) is 0 Å². The van der Waals surface area contributed by atoms with E-state index in [1.165, 1.54) is 22.3 Å². The zero-order valence-electron chi connectivity index (χ0n) is 15.2. The van der Waals surface area contributed by atoms with E-state index >= 15 is 0 Å². The number of amides is 1. The number of benzene rings is 2. The van der Waals surface area contributed by atoms with Crippen molar-refractivity contribution in [3.8, 4) is 0 Å². The summed E-state index contributed by atoms with van der Waals surface area (Å²) >= 11 is 1.60. The molecule has 2 aromatic rings. The van der Waals surface area contributed by atoms with Crippen LogP contribution in [0.5, 0.6) is 0 Å². The summed E-state index contributed by atoms with van der Waals surface area (Å²) in [6.45, 7) is 10.4. The molecule has 2 atom stereocenters. The number of rotatable bonds is 6. The van der Waals surface area contributed by atoms with E-state index in [0.717, 1.165) is 11.3 Å². The molecule has 24 heavy (non-hydrogen) atoms. The number of nitrogens with one attached hydrogen (secondary N) is 1. The first-order chi connectivity index (χ1) is 11.4. The lowest BCUT2D eigenvalue weighted by Gasteiger charge is -2.21. The van der Waals surface area contributed by atoms with Crippen molar-refractivity contribution >= 4 is 17.7 Å². The molecule has 0 aliphatic heterocycles. The Kier molecular flexibility index (Phi) is 6.50. The van der Waals surface area contributed by atoms with Gasteiger partial charge < -0.3 is 5.32 Å². The zero-order chi connectivity index (χ0) is 17.7. The zero-order valence-corrected chi connectivity index (χ0v) is 16.0. The van der Waals surface area contributed by atoms with Crippen LogP contribution in [-0.2, 0) is 4.79 Å². The quantitative estimate of drug-likeness (QED) is 0.717. The maximum absolute atomic E-state index is 12.6. The molecule has 0 spiro atoms. The molecule has 3 heteroatoms. The number of aryl methyl sites for hydroxylation is 3. The fourth-order valence-corrected chi connectivity index (χ4v) is 3.44. The van der Waals surface area contributed by atoms with Gasteiger partial charge in [-0.15, -0.1) is 11.8 Å². The lowest BCUT2D eigenvalue weighted by atomic mass is 9.99. The summed E-state index contributed by atoms with van der Waals surface area (Å²) in [6, 6.07) is 14.8. The van der Waals surface area contributed by atoms with Gasteiger partial charge >= 0.3 is 0 Å². The van der Waals surface area contributed by atoms with Crippen LogP contribution < -0.4 is 5.32 Å². The van der Waals surface area contributed by atoms with Gasteiger partial charge in [-0.1, -0.05) is 42.8 Å². The van der Waals surface area contributed by atoms with Crippen molar-refractivity contribution in [2.45, 2.75) is 57.2 Å². The SMILES string of the molecule is CC[C@H](NC(=O)[C@H](C)Sc1ccc(C)cc1)c1ccc(C)c(C)c1. The molecule has 0 unspecified atom stereocenters. The maximum atomic E-state index is 12.6. The first-order valence-electron chi connectivity index (χ1n) is 8.51. The molecule has 0 saturated carbocycles. The van der Waals surface area contributed by atoms with E-state index in [2.05, 4.69) is 75.5 Å². The molecule has 2 rings (SSSR count). The minimum absolute atomic E-state index is 0.0675. The Morgan fingerprint density at radius 1 is 1.04 bits per heavy atom. The van der Waals surface area contributed by atoms with Crippen molar-refractivity contribution in [3.05, 3.63) is 64.7 Å². The molecule has 0 heterocycles. The van der Waals surface area contributed by atoms with Crippen LogP contribution >= 0.6 is 11.8 Å². The van der Waals surface area contributed by atoms with Gasteiger partial charge in [0.15, 0.2) is 0 Å². The van der Waals surface area contributed by atoms with Crippen LogP contribution in [0.1, 0.15) is 48.6 Å².